The normalized spacial score (nSPS) is 14.5. The number of nitrogens with one attached hydrogen (secondary N) is 2. The Hall–Kier alpha value is -4.90. The Morgan fingerprint density at radius 2 is 1.93 bits per heavy atom. The number of amides is 1. The van der Waals surface area contributed by atoms with Crippen LogP contribution < -0.4 is 21.1 Å². The third-order valence-corrected chi connectivity index (χ3v) is 7.60. The molecule has 1 unspecified atom stereocenters. The van der Waals surface area contributed by atoms with Gasteiger partial charge in [0.1, 0.15) is 12.4 Å². The van der Waals surface area contributed by atoms with Crippen molar-refractivity contribution in [2.75, 3.05) is 5.73 Å². The first-order valence-electron chi connectivity index (χ1n) is 13.7. The third-order valence-electron chi connectivity index (χ3n) is 7.60. The highest BCUT2D eigenvalue weighted by Gasteiger charge is 2.27. The quantitative estimate of drug-likeness (QED) is 0.235. The van der Waals surface area contributed by atoms with Crippen LogP contribution >= 0.6 is 0 Å². The van der Waals surface area contributed by atoms with Crippen LogP contribution in [0.2, 0.25) is 0 Å². The molecule has 0 spiro atoms. The van der Waals surface area contributed by atoms with Crippen LogP contribution in [0.3, 0.4) is 0 Å². The minimum Gasteiger partial charge on any atom is -0.382 e. The molecule has 2 aromatic carbocycles. The van der Waals surface area contributed by atoms with Gasteiger partial charge in [0.15, 0.2) is 11.4 Å². The first kappa shape index (κ1) is 25.4. The van der Waals surface area contributed by atoms with Gasteiger partial charge in [-0.25, -0.2) is 5.10 Å². The lowest BCUT2D eigenvalue weighted by molar-refractivity contribution is -0.577. The van der Waals surface area contributed by atoms with Crippen LogP contribution in [0.25, 0.3) is 22.1 Å². The predicted molar refractivity (Wildman–Crippen MR) is 155 cm³/mol. The topological polar surface area (TPSA) is 110 Å². The van der Waals surface area contributed by atoms with Crippen molar-refractivity contribution in [3.05, 3.63) is 100 Å². The molecule has 0 saturated heterocycles. The summed E-state index contributed by atoms with van der Waals surface area (Å²) in [6.45, 7) is 1.86. The van der Waals surface area contributed by atoms with Crippen molar-refractivity contribution in [1.82, 2.24) is 20.0 Å². The van der Waals surface area contributed by atoms with E-state index in [1.54, 1.807) is 27.5 Å². The first-order chi connectivity index (χ1) is 19.5. The minimum absolute atomic E-state index is 0.169. The maximum Gasteiger partial charge on any atom is 0.362 e. The predicted octanol–water partition coefficient (Wildman–Crippen LogP) is 4.46. The maximum absolute atomic E-state index is 14.2. The molecule has 4 N–H and O–H groups in total. The molecule has 1 saturated carbocycles. The maximum atomic E-state index is 14.2. The third kappa shape index (κ3) is 4.71. The number of hydrogen-bond donors (Lipinski definition) is 3. The number of carbonyl (C=O) groups is 1. The van der Waals surface area contributed by atoms with E-state index in [9.17, 15) is 9.59 Å². The van der Waals surface area contributed by atoms with E-state index >= 15 is 0 Å². The zero-order valence-corrected chi connectivity index (χ0v) is 22.4. The molecular formula is C32H31N6O2+. The molecule has 1 aliphatic rings. The molecule has 3 heterocycles. The molecule has 0 bridgehead atoms. The summed E-state index contributed by atoms with van der Waals surface area (Å²) in [4.78, 5) is 32.0. The molecule has 1 aliphatic carbocycles. The molecule has 8 nitrogen and oxygen atoms in total. The molecule has 3 aromatic heterocycles. The minimum atomic E-state index is -0.528. The van der Waals surface area contributed by atoms with E-state index in [0.29, 0.717) is 28.3 Å². The average Bonchev–Trinajstić information content (AvgIpc) is 3.32. The molecule has 0 aliphatic heterocycles. The number of pyridine rings is 1. The smallest absolute Gasteiger partial charge is 0.362 e. The second-order valence-corrected chi connectivity index (χ2v) is 10.3. The molecule has 5 aromatic rings. The first-order valence-corrected chi connectivity index (χ1v) is 13.7. The summed E-state index contributed by atoms with van der Waals surface area (Å²) in [5.41, 5.74) is 8.74. The van der Waals surface area contributed by atoms with Crippen LogP contribution in [0, 0.1) is 17.8 Å². The molecule has 1 amide bonds. The molecule has 40 heavy (non-hydrogen) atoms. The lowest BCUT2D eigenvalue weighted by Crippen LogP contribution is -2.33. The number of nitrogens with zero attached hydrogens (tertiary/aromatic N) is 3. The van der Waals surface area contributed by atoms with E-state index in [2.05, 4.69) is 27.2 Å². The zero-order chi connectivity index (χ0) is 27.6. The van der Waals surface area contributed by atoms with Crippen LogP contribution in [-0.4, -0.2) is 20.6 Å². The number of H-pyrrole nitrogens is 1. The number of fused-ring (bicyclic) bond motifs is 2. The number of benzene rings is 2. The largest absolute Gasteiger partial charge is 0.382 e. The summed E-state index contributed by atoms with van der Waals surface area (Å²) < 4.78 is 3.27. The number of para-hydroxylation sites is 1. The Morgan fingerprint density at radius 3 is 2.73 bits per heavy atom. The second kappa shape index (κ2) is 10.7. The lowest BCUT2D eigenvalue weighted by atomic mass is 9.89. The summed E-state index contributed by atoms with van der Waals surface area (Å²) in [7, 11) is 0. The van der Waals surface area contributed by atoms with Gasteiger partial charge in [-0.2, -0.15) is 0 Å². The average molecular weight is 532 g/mol. The standard InChI is InChI=1S/C32H30N6O2/c1-21(35-31(39)28-29(33)36-37-19-9-18-34-30(28)37)26-20-24-13-8-12-23(17-16-22-10-4-2-5-11-22)27(24)32(40)38(26)25-14-6-3-7-15-25/h3,6-9,12-15,18-22H,2,4-5,10-11H2,1H3,(H3,33,35,36,39)/p+1. The number of rotatable bonds is 4. The van der Waals surface area contributed by atoms with Gasteiger partial charge in [0, 0.05) is 28.9 Å². The van der Waals surface area contributed by atoms with Crippen LogP contribution in [0.4, 0.5) is 5.82 Å². The van der Waals surface area contributed by atoms with Gasteiger partial charge in [0.2, 0.25) is 0 Å². The van der Waals surface area contributed by atoms with Gasteiger partial charge in [0.05, 0.1) is 11.4 Å². The van der Waals surface area contributed by atoms with Crippen molar-refractivity contribution in [2.45, 2.75) is 45.1 Å². The fourth-order valence-electron chi connectivity index (χ4n) is 5.59. The molecule has 8 heteroatoms. The van der Waals surface area contributed by atoms with Crippen molar-refractivity contribution in [3.63, 3.8) is 0 Å². The zero-order valence-electron chi connectivity index (χ0n) is 22.4. The van der Waals surface area contributed by atoms with E-state index in [4.69, 9.17) is 5.73 Å². The molecule has 200 valence electrons. The number of anilines is 1. The van der Waals surface area contributed by atoms with Crippen molar-refractivity contribution in [3.8, 4) is 17.5 Å². The monoisotopic (exact) mass is 531 g/mol. The van der Waals surface area contributed by atoms with Crippen molar-refractivity contribution in [1.29, 1.82) is 0 Å². The second-order valence-electron chi connectivity index (χ2n) is 10.3. The van der Waals surface area contributed by atoms with Crippen LogP contribution in [-0.2, 0) is 0 Å². The van der Waals surface area contributed by atoms with Crippen molar-refractivity contribution >= 4 is 28.1 Å². The summed E-state index contributed by atoms with van der Waals surface area (Å²) in [5, 5.41) is 7.34. The summed E-state index contributed by atoms with van der Waals surface area (Å²) in [5.74, 6) is 6.98. The van der Waals surface area contributed by atoms with Crippen LogP contribution in [0.1, 0.15) is 66.7 Å². The van der Waals surface area contributed by atoms with E-state index in [1.807, 2.05) is 61.5 Å². The van der Waals surface area contributed by atoms with Gasteiger partial charge in [-0.3, -0.25) is 14.2 Å². The molecule has 1 fully saturated rings. The highest BCUT2D eigenvalue weighted by Crippen LogP contribution is 2.25. The molecule has 0 radical (unpaired) electrons. The van der Waals surface area contributed by atoms with Gasteiger partial charge in [-0.15, -0.1) is 4.52 Å². The highest BCUT2D eigenvalue weighted by molar-refractivity contribution is 6.03. The Morgan fingerprint density at radius 1 is 1.12 bits per heavy atom. The summed E-state index contributed by atoms with van der Waals surface area (Å²) >= 11 is 0. The number of nitrogen functional groups attached to an aromatic ring is 1. The number of nitrogens with two attached hydrogens (primary N) is 1. The van der Waals surface area contributed by atoms with Gasteiger partial charge < -0.3 is 11.1 Å². The van der Waals surface area contributed by atoms with Gasteiger partial charge >= 0.3 is 5.65 Å². The van der Waals surface area contributed by atoms with E-state index in [1.165, 1.54) is 19.3 Å². The number of aromatic nitrogens is 4. The number of hydrogen-bond acceptors (Lipinski definition) is 4. The van der Waals surface area contributed by atoms with E-state index < -0.39 is 6.04 Å². The number of aromatic amines is 1. The molecular weight excluding hydrogens is 500 g/mol. The van der Waals surface area contributed by atoms with Gasteiger partial charge in [-0.1, -0.05) is 61.4 Å². The molecule has 6 rings (SSSR count). The lowest BCUT2D eigenvalue weighted by Gasteiger charge is -2.21. The SMILES string of the molecule is CC(NC(=O)c1c(N)[nH][n+]2cccnc12)c1cc2cccc(C#CC3CCCCC3)c2c(=O)n1-c1ccccc1. The Balaban J connectivity index is 1.45. The van der Waals surface area contributed by atoms with Gasteiger partial charge in [-0.05, 0) is 54.4 Å². The fraction of sp³-hybridized carbons (Fsp3) is 0.250. The Bertz CT molecular complexity index is 1840. The van der Waals surface area contributed by atoms with Crippen molar-refractivity contribution in [2.24, 2.45) is 5.92 Å². The van der Waals surface area contributed by atoms with Crippen LogP contribution in [0.15, 0.2) is 77.9 Å². The summed E-state index contributed by atoms with van der Waals surface area (Å²) in [6, 6.07) is 18.4. The number of carbonyl (C=O) groups excluding carboxylic acids is 1. The Labute approximate surface area is 231 Å². The fourth-order valence-corrected chi connectivity index (χ4v) is 5.59. The summed E-state index contributed by atoms with van der Waals surface area (Å²) in [6.07, 6.45) is 9.26. The van der Waals surface area contributed by atoms with E-state index in [0.717, 1.165) is 23.8 Å². The van der Waals surface area contributed by atoms with E-state index in [-0.39, 0.29) is 22.8 Å². The highest BCUT2D eigenvalue weighted by atomic mass is 16.2. The Kier molecular flexibility index (Phi) is 6.79. The van der Waals surface area contributed by atoms with Crippen LogP contribution in [0.5, 0.6) is 0 Å². The van der Waals surface area contributed by atoms with Gasteiger partial charge in [0.25, 0.3) is 11.5 Å². The van der Waals surface area contributed by atoms with Crippen molar-refractivity contribution < 1.29 is 9.31 Å². The molecule has 1 atom stereocenters.